The monoisotopic (exact) mass is 242 g/mol. The average Bonchev–Trinajstić information content (AvgIpc) is 2.40. The molecule has 94 valence electrons. The molecular weight excluding hydrogens is 224 g/mol. The van der Waals surface area contributed by atoms with Crippen LogP contribution in [0.15, 0.2) is 42.6 Å². The van der Waals surface area contributed by atoms with Crippen LogP contribution in [0.3, 0.4) is 0 Å². The van der Waals surface area contributed by atoms with Crippen LogP contribution in [0.25, 0.3) is 0 Å². The van der Waals surface area contributed by atoms with Gasteiger partial charge < -0.3 is 10.1 Å². The first-order chi connectivity index (χ1) is 8.81. The van der Waals surface area contributed by atoms with Crippen molar-refractivity contribution in [2.75, 3.05) is 11.9 Å². The first-order valence-electron chi connectivity index (χ1n) is 6.17. The second-order valence-electron chi connectivity index (χ2n) is 4.05. The third-order valence-corrected chi connectivity index (χ3v) is 2.75. The van der Waals surface area contributed by atoms with Gasteiger partial charge in [0, 0.05) is 6.20 Å². The first-order valence-corrected chi connectivity index (χ1v) is 6.17. The molecular formula is C15H18N2O. The number of hydrogen-bond acceptors (Lipinski definition) is 3. The molecule has 0 amide bonds. The Morgan fingerprint density at radius 3 is 2.78 bits per heavy atom. The molecule has 2 aromatic rings. The summed E-state index contributed by atoms with van der Waals surface area (Å²) in [7, 11) is 0. The lowest BCUT2D eigenvalue weighted by Gasteiger charge is -2.12. The van der Waals surface area contributed by atoms with Gasteiger partial charge in [0.2, 0.25) is 0 Å². The van der Waals surface area contributed by atoms with E-state index < -0.39 is 0 Å². The zero-order valence-corrected chi connectivity index (χ0v) is 10.8. The summed E-state index contributed by atoms with van der Waals surface area (Å²) in [5.74, 6) is 0.883. The Balaban J connectivity index is 2.08. The summed E-state index contributed by atoms with van der Waals surface area (Å²) < 4.78 is 5.57. The molecule has 3 nitrogen and oxygen atoms in total. The minimum atomic E-state index is 0.668. The van der Waals surface area contributed by atoms with E-state index in [1.165, 1.54) is 5.56 Å². The van der Waals surface area contributed by atoms with Gasteiger partial charge in [0.1, 0.15) is 5.75 Å². The van der Waals surface area contributed by atoms with Crippen LogP contribution < -0.4 is 10.1 Å². The molecule has 0 aliphatic carbocycles. The average molecular weight is 242 g/mol. The molecule has 0 saturated carbocycles. The van der Waals surface area contributed by atoms with Crippen LogP contribution in [-0.2, 0) is 6.54 Å². The van der Waals surface area contributed by atoms with Crippen molar-refractivity contribution in [3.63, 3.8) is 0 Å². The number of hydrogen-bond donors (Lipinski definition) is 1. The van der Waals surface area contributed by atoms with Crippen LogP contribution in [-0.4, -0.2) is 11.6 Å². The van der Waals surface area contributed by atoms with Crippen LogP contribution >= 0.6 is 0 Å². The summed E-state index contributed by atoms with van der Waals surface area (Å²) >= 11 is 0. The van der Waals surface area contributed by atoms with Gasteiger partial charge in [-0.3, -0.25) is 4.98 Å². The molecule has 0 fully saturated rings. The van der Waals surface area contributed by atoms with Crippen molar-refractivity contribution in [3.05, 3.63) is 53.9 Å². The predicted octanol–water partition coefficient (Wildman–Crippen LogP) is 3.40. The van der Waals surface area contributed by atoms with E-state index in [-0.39, 0.29) is 0 Å². The van der Waals surface area contributed by atoms with E-state index in [2.05, 4.69) is 23.3 Å². The maximum atomic E-state index is 5.57. The first kappa shape index (κ1) is 12.4. The molecule has 0 spiro atoms. The van der Waals surface area contributed by atoms with Crippen LogP contribution in [0.4, 0.5) is 5.69 Å². The van der Waals surface area contributed by atoms with Gasteiger partial charge in [-0.25, -0.2) is 0 Å². The molecule has 1 aromatic carbocycles. The van der Waals surface area contributed by atoms with Crippen LogP contribution in [0.1, 0.15) is 18.2 Å². The van der Waals surface area contributed by atoms with E-state index in [1.54, 1.807) is 0 Å². The molecule has 0 atom stereocenters. The largest absolute Gasteiger partial charge is 0.492 e. The fraction of sp³-hybridized carbons (Fsp3) is 0.267. The fourth-order valence-electron chi connectivity index (χ4n) is 1.78. The van der Waals surface area contributed by atoms with E-state index in [4.69, 9.17) is 4.74 Å². The summed E-state index contributed by atoms with van der Waals surface area (Å²) in [4.78, 5) is 4.37. The van der Waals surface area contributed by atoms with Gasteiger partial charge in [-0.2, -0.15) is 0 Å². The Hall–Kier alpha value is -2.03. The molecule has 2 rings (SSSR count). The Kier molecular flexibility index (Phi) is 4.18. The normalized spacial score (nSPS) is 10.1. The van der Waals surface area contributed by atoms with Crippen molar-refractivity contribution in [1.82, 2.24) is 4.98 Å². The second-order valence-corrected chi connectivity index (χ2v) is 4.05. The zero-order chi connectivity index (χ0) is 12.8. The Morgan fingerprint density at radius 1 is 1.17 bits per heavy atom. The highest BCUT2D eigenvalue weighted by Gasteiger charge is 2.03. The Bertz CT molecular complexity index is 511. The lowest BCUT2D eigenvalue weighted by atomic mass is 10.2. The summed E-state index contributed by atoms with van der Waals surface area (Å²) in [5.41, 5.74) is 3.26. The quantitative estimate of drug-likeness (QED) is 0.872. The number of ether oxygens (including phenoxy) is 1. The lowest BCUT2D eigenvalue weighted by Crippen LogP contribution is -2.05. The lowest BCUT2D eigenvalue weighted by molar-refractivity contribution is 0.341. The highest BCUT2D eigenvalue weighted by Crippen LogP contribution is 2.24. The van der Waals surface area contributed by atoms with Crippen molar-refractivity contribution in [2.24, 2.45) is 0 Å². The molecule has 1 aromatic heterocycles. The van der Waals surface area contributed by atoms with E-state index in [0.29, 0.717) is 13.2 Å². The van der Waals surface area contributed by atoms with Crippen molar-refractivity contribution >= 4 is 5.69 Å². The minimum Gasteiger partial charge on any atom is -0.492 e. The number of nitrogens with one attached hydrogen (secondary N) is 1. The van der Waals surface area contributed by atoms with Gasteiger partial charge in [-0.15, -0.1) is 0 Å². The van der Waals surface area contributed by atoms with E-state index in [9.17, 15) is 0 Å². The van der Waals surface area contributed by atoms with Crippen molar-refractivity contribution in [3.8, 4) is 5.75 Å². The summed E-state index contributed by atoms with van der Waals surface area (Å²) in [6, 6.07) is 12.0. The van der Waals surface area contributed by atoms with Crippen LogP contribution in [0, 0.1) is 6.92 Å². The van der Waals surface area contributed by atoms with E-state index in [1.807, 2.05) is 43.5 Å². The molecule has 0 bridgehead atoms. The van der Waals surface area contributed by atoms with Gasteiger partial charge in [0.15, 0.2) is 0 Å². The molecule has 0 radical (unpaired) electrons. The van der Waals surface area contributed by atoms with Gasteiger partial charge in [0.05, 0.1) is 24.5 Å². The number of rotatable bonds is 5. The number of nitrogens with zero attached hydrogens (tertiary/aromatic N) is 1. The molecule has 0 aliphatic rings. The standard InChI is InChI=1S/C15H18N2O/c1-3-18-15-9-5-4-8-13(15)17-11-14-12(2)7-6-10-16-14/h4-10,17H,3,11H2,1-2H3. The maximum absolute atomic E-state index is 5.57. The number of pyridine rings is 1. The number of aromatic nitrogens is 1. The molecule has 1 heterocycles. The second kappa shape index (κ2) is 6.05. The van der Waals surface area contributed by atoms with Gasteiger partial charge in [-0.05, 0) is 37.6 Å². The van der Waals surface area contributed by atoms with Crippen molar-refractivity contribution in [2.45, 2.75) is 20.4 Å². The Labute approximate surface area is 108 Å². The SMILES string of the molecule is CCOc1ccccc1NCc1ncccc1C. The van der Waals surface area contributed by atoms with Crippen LogP contribution in [0.5, 0.6) is 5.75 Å². The van der Waals surface area contributed by atoms with Crippen LogP contribution in [0.2, 0.25) is 0 Å². The summed E-state index contributed by atoms with van der Waals surface area (Å²) in [6.45, 7) is 5.43. The van der Waals surface area contributed by atoms with Gasteiger partial charge in [0.25, 0.3) is 0 Å². The van der Waals surface area contributed by atoms with Gasteiger partial charge >= 0.3 is 0 Å². The number of aryl methyl sites for hydroxylation is 1. The van der Waals surface area contributed by atoms with Crippen molar-refractivity contribution in [1.29, 1.82) is 0 Å². The molecule has 0 unspecified atom stereocenters. The number of para-hydroxylation sites is 2. The molecule has 3 heteroatoms. The van der Waals surface area contributed by atoms with E-state index >= 15 is 0 Å². The third-order valence-electron chi connectivity index (χ3n) is 2.75. The minimum absolute atomic E-state index is 0.668. The smallest absolute Gasteiger partial charge is 0.142 e. The summed E-state index contributed by atoms with van der Waals surface area (Å²) in [6.07, 6.45) is 1.82. The zero-order valence-electron chi connectivity index (χ0n) is 10.8. The number of anilines is 1. The molecule has 1 N–H and O–H groups in total. The topological polar surface area (TPSA) is 34.1 Å². The molecule has 18 heavy (non-hydrogen) atoms. The van der Waals surface area contributed by atoms with E-state index in [0.717, 1.165) is 17.1 Å². The Morgan fingerprint density at radius 2 is 2.00 bits per heavy atom. The highest BCUT2D eigenvalue weighted by molar-refractivity contribution is 5.56. The maximum Gasteiger partial charge on any atom is 0.142 e. The van der Waals surface area contributed by atoms with Crippen molar-refractivity contribution < 1.29 is 4.74 Å². The third kappa shape index (κ3) is 3.00. The number of benzene rings is 1. The predicted molar refractivity (Wildman–Crippen MR) is 73.9 cm³/mol. The molecule has 0 saturated heterocycles. The summed E-state index contributed by atoms with van der Waals surface area (Å²) in [5, 5.41) is 3.37. The highest BCUT2D eigenvalue weighted by atomic mass is 16.5. The molecule has 0 aliphatic heterocycles. The fourth-order valence-corrected chi connectivity index (χ4v) is 1.78. The van der Waals surface area contributed by atoms with Gasteiger partial charge in [-0.1, -0.05) is 18.2 Å².